The summed E-state index contributed by atoms with van der Waals surface area (Å²) in [4.78, 5) is 23.0. The largest absolute Gasteiger partial charge is 0.372 e. The Balaban J connectivity index is 1.46. The number of benzene rings is 1. The molecule has 1 fully saturated rings. The maximum absolute atomic E-state index is 12.6. The third kappa shape index (κ3) is 4.07. The van der Waals surface area contributed by atoms with E-state index in [2.05, 4.69) is 20.4 Å². The van der Waals surface area contributed by atoms with Gasteiger partial charge in [-0.1, -0.05) is 11.6 Å². The zero-order valence-electron chi connectivity index (χ0n) is 15.7. The predicted octanol–water partition coefficient (Wildman–Crippen LogP) is 2.86. The third-order valence-corrected chi connectivity index (χ3v) is 4.80. The fourth-order valence-corrected chi connectivity index (χ4v) is 3.57. The molecular formula is C19H21ClN6O2. The number of ether oxygens (including phenoxy) is 1. The number of hydrogen-bond acceptors (Lipinski definition) is 6. The minimum Gasteiger partial charge on any atom is -0.372 e. The van der Waals surface area contributed by atoms with E-state index in [9.17, 15) is 4.79 Å². The van der Waals surface area contributed by atoms with Crippen LogP contribution in [0.4, 0.5) is 11.5 Å². The van der Waals surface area contributed by atoms with Gasteiger partial charge in [0.1, 0.15) is 18.7 Å². The molecule has 1 N–H and O–H groups in total. The molecule has 0 radical (unpaired) electrons. The number of carbonyl (C=O) groups is 1. The summed E-state index contributed by atoms with van der Waals surface area (Å²) >= 11 is 6.03. The average molecular weight is 401 g/mol. The van der Waals surface area contributed by atoms with Gasteiger partial charge in [0.15, 0.2) is 0 Å². The first kappa shape index (κ1) is 18.6. The van der Waals surface area contributed by atoms with Crippen molar-refractivity contribution in [3.05, 3.63) is 41.9 Å². The predicted molar refractivity (Wildman–Crippen MR) is 107 cm³/mol. The highest BCUT2D eigenvalue weighted by molar-refractivity contribution is 6.31. The van der Waals surface area contributed by atoms with Crippen LogP contribution in [-0.2, 0) is 16.1 Å². The molecule has 0 aliphatic carbocycles. The van der Waals surface area contributed by atoms with Crippen LogP contribution in [0.25, 0.3) is 10.9 Å². The Bertz CT molecular complexity index is 997. The maximum Gasteiger partial charge on any atom is 0.244 e. The van der Waals surface area contributed by atoms with E-state index < -0.39 is 0 Å². The first-order chi connectivity index (χ1) is 13.5. The van der Waals surface area contributed by atoms with Crippen molar-refractivity contribution >= 4 is 39.9 Å². The fraction of sp³-hybridized carbons (Fsp3) is 0.368. The smallest absolute Gasteiger partial charge is 0.244 e. The van der Waals surface area contributed by atoms with Gasteiger partial charge >= 0.3 is 0 Å². The van der Waals surface area contributed by atoms with E-state index >= 15 is 0 Å². The Hall–Kier alpha value is -2.71. The lowest BCUT2D eigenvalue weighted by atomic mass is 10.2. The Labute approximate surface area is 167 Å². The molecule has 1 aliphatic rings. The molecule has 1 amide bonds. The second-order valence-corrected chi connectivity index (χ2v) is 7.43. The molecular weight excluding hydrogens is 380 g/mol. The molecule has 9 heteroatoms. The standard InChI is InChI=1S/C19H21ClN6O2/c1-12-7-25(8-13(2)28-12)18(27)10-26-9-15(6-23-26)24-19-16-4-3-14(20)5-17(16)21-11-22-19/h3-6,9,11-13H,7-8,10H2,1-2H3,(H,21,22,24). The molecule has 2 unspecified atom stereocenters. The topological polar surface area (TPSA) is 85.2 Å². The first-order valence-corrected chi connectivity index (χ1v) is 9.48. The second kappa shape index (κ2) is 7.73. The molecule has 1 aliphatic heterocycles. The molecule has 3 aromatic rings. The molecule has 1 aromatic carbocycles. The van der Waals surface area contributed by atoms with Crippen LogP contribution in [0.5, 0.6) is 0 Å². The molecule has 2 atom stereocenters. The SMILES string of the molecule is CC1CN(C(=O)Cn2cc(Nc3ncnc4cc(Cl)ccc34)cn2)CC(C)O1. The number of morpholine rings is 1. The number of nitrogens with one attached hydrogen (secondary N) is 1. The van der Waals surface area contributed by atoms with Crippen LogP contribution in [0.3, 0.4) is 0 Å². The van der Waals surface area contributed by atoms with Crippen LogP contribution in [0.1, 0.15) is 13.8 Å². The van der Waals surface area contributed by atoms with Gasteiger partial charge in [0, 0.05) is 29.7 Å². The molecule has 1 saturated heterocycles. The summed E-state index contributed by atoms with van der Waals surface area (Å²) in [6, 6.07) is 5.45. The monoisotopic (exact) mass is 400 g/mol. The number of nitrogens with zero attached hydrogens (tertiary/aromatic N) is 5. The van der Waals surface area contributed by atoms with Crippen molar-refractivity contribution in [1.29, 1.82) is 0 Å². The van der Waals surface area contributed by atoms with Crippen LogP contribution in [0.15, 0.2) is 36.9 Å². The zero-order chi connectivity index (χ0) is 19.7. The number of anilines is 2. The van der Waals surface area contributed by atoms with E-state index in [4.69, 9.17) is 16.3 Å². The second-order valence-electron chi connectivity index (χ2n) is 6.99. The molecule has 8 nitrogen and oxygen atoms in total. The van der Waals surface area contributed by atoms with E-state index in [1.165, 1.54) is 6.33 Å². The third-order valence-electron chi connectivity index (χ3n) is 4.56. The summed E-state index contributed by atoms with van der Waals surface area (Å²) in [5.41, 5.74) is 1.49. The van der Waals surface area contributed by atoms with Crippen molar-refractivity contribution < 1.29 is 9.53 Å². The van der Waals surface area contributed by atoms with E-state index in [0.29, 0.717) is 23.9 Å². The number of hydrogen-bond donors (Lipinski definition) is 1. The van der Waals surface area contributed by atoms with Crippen LogP contribution < -0.4 is 5.32 Å². The van der Waals surface area contributed by atoms with Crippen LogP contribution >= 0.6 is 11.6 Å². The highest BCUT2D eigenvalue weighted by atomic mass is 35.5. The van der Waals surface area contributed by atoms with Crippen LogP contribution in [0.2, 0.25) is 5.02 Å². The minimum absolute atomic E-state index is 0.0266. The molecule has 3 heterocycles. The molecule has 146 valence electrons. The Morgan fingerprint density at radius 1 is 1.29 bits per heavy atom. The number of fused-ring (bicyclic) bond motifs is 1. The molecule has 0 saturated carbocycles. The summed E-state index contributed by atoms with van der Waals surface area (Å²) in [5.74, 6) is 0.683. The van der Waals surface area contributed by atoms with Crippen molar-refractivity contribution in [2.24, 2.45) is 0 Å². The van der Waals surface area contributed by atoms with Crippen molar-refractivity contribution in [2.75, 3.05) is 18.4 Å². The lowest BCUT2D eigenvalue weighted by molar-refractivity contribution is -0.144. The maximum atomic E-state index is 12.6. The molecule has 2 aromatic heterocycles. The number of amides is 1. The first-order valence-electron chi connectivity index (χ1n) is 9.11. The Morgan fingerprint density at radius 2 is 2.07 bits per heavy atom. The highest BCUT2D eigenvalue weighted by Crippen LogP contribution is 2.25. The van der Waals surface area contributed by atoms with Gasteiger partial charge in [0.2, 0.25) is 5.91 Å². The lowest BCUT2D eigenvalue weighted by Crippen LogP contribution is -2.49. The van der Waals surface area contributed by atoms with Crippen LogP contribution in [0, 0.1) is 0 Å². The molecule has 4 rings (SSSR count). The van der Waals surface area contributed by atoms with Gasteiger partial charge in [-0.25, -0.2) is 9.97 Å². The molecule has 28 heavy (non-hydrogen) atoms. The number of aromatic nitrogens is 4. The lowest BCUT2D eigenvalue weighted by Gasteiger charge is -2.35. The number of halogens is 1. The van der Waals surface area contributed by atoms with Gasteiger partial charge in [-0.2, -0.15) is 5.10 Å². The van der Waals surface area contributed by atoms with Crippen molar-refractivity contribution in [3.8, 4) is 0 Å². The van der Waals surface area contributed by atoms with Crippen LogP contribution in [-0.4, -0.2) is 55.9 Å². The fourth-order valence-electron chi connectivity index (χ4n) is 3.40. The van der Waals surface area contributed by atoms with E-state index in [1.54, 1.807) is 29.2 Å². The van der Waals surface area contributed by atoms with Gasteiger partial charge in [-0.15, -0.1) is 0 Å². The normalized spacial score (nSPS) is 19.8. The van der Waals surface area contributed by atoms with E-state index in [-0.39, 0.29) is 24.7 Å². The Morgan fingerprint density at radius 3 is 2.86 bits per heavy atom. The summed E-state index contributed by atoms with van der Waals surface area (Å²) in [6.07, 6.45) is 5.02. The number of rotatable bonds is 4. The van der Waals surface area contributed by atoms with Crippen molar-refractivity contribution in [1.82, 2.24) is 24.6 Å². The van der Waals surface area contributed by atoms with E-state index in [0.717, 1.165) is 16.6 Å². The summed E-state index contributed by atoms with van der Waals surface area (Å²) < 4.78 is 7.30. The summed E-state index contributed by atoms with van der Waals surface area (Å²) in [5, 5.41) is 9.00. The molecule has 0 spiro atoms. The highest BCUT2D eigenvalue weighted by Gasteiger charge is 2.26. The van der Waals surface area contributed by atoms with Gasteiger partial charge in [-0.05, 0) is 32.0 Å². The Kier molecular flexibility index (Phi) is 5.15. The quantitative estimate of drug-likeness (QED) is 0.724. The van der Waals surface area contributed by atoms with E-state index in [1.807, 2.05) is 24.8 Å². The van der Waals surface area contributed by atoms with Gasteiger partial charge in [0.25, 0.3) is 0 Å². The van der Waals surface area contributed by atoms with Crippen molar-refractivity contribution in [3.63, 3.8) is 0 Å². The van der Waals surface area contributed by atoms with Crippen molar-refractivity contribution in [2.45, 2.75) is 32.6 Å². The summed E-state index contributed by atoms with van der Waals surface area (Å²) in [6.45, 7) is 5.34. The van der Waals surface area contributed by atoms with Gasteiger partial charge < -0.3 is 15.0 Å². The van der Waals surface area contributed by atoms with Gasteiger partial charge in [-0.3, -0.25) is 9.48 Å². The zero-order valence-corrected chi connectivity index (χ0v) is 16.4. The minimum atomic E-state index is 0.0266. The number of carbonyl (C=O) groups excluding carboxylic acids is 1. The molecule has 0 bridgehead atoms. The summed E-state index contributed by atoms with van der Waals surface area (Å²) in [7, 11) is 0. The average Bonchev–Trinajstić information content (AvgIpc) is 3.07. The van der Waals surface area contributed by atoms with Gasteiger partial charge in [0.05, 0.1) is 29.6 Å².